The van der Waals surface area contributed by atoms with Gasteiger partial charge in [0, 0.05) is 57.1 Å². The van der Waals surface area contributed by atoms with Crippen molar-refractivity contribution in [3.05, 3.63) is 12.1 Å². The molecule has 36 heavy (non-hydrogen) atoms. The number of pyridine rings is 1. The number of amides is 2. The molecule has 1 aromatic heterocycles. The van der Waals surface area contributed by atoms with E-state index in [1.807, 2.05) is 9.80 Å². The molecule has 0 atom stereocenters. The highest BCUT2D eigenvalue weighted by Crippen LogP contribution is 2.46. The van der Waals surface area contributed by atoms with Crippen molar-refractivity contribution >= 4 is 28.4 Å². The first-order valence-corrected chi connectivity index (χ1v) is 11.6. The van der Waals surface area contributed by atoms with E-state index in [0.29, 0.717) is 63.8 Å². The molecule has 13 heteroatoms. The Hall–Kier alpha value is -3.35. The fraction of sp³-hybridized carbons (Fsp3) is 0.565. The smallest absolute Gasteiger partial charge is 0.422 e. The molecule has 0 saturated carbocycles. The second kappa shape index (κ2) is 10.7. The summed E-state index contributed by atoms with van der Waals surface area (Å²) in [5.74, 6) is 0.542. The number of fused-ring (bicyclic) bond motifs is 1. The number of carbonyl (C=O) groups excluding carboxylic acids is 1. The number of aromatic nitrogens is 1. The topological polar surface area (TPSA) is 103 Å². The molecule has 2 aromatic rings. The zero-order valence-corrected chi connectivity index (χ0v) is 20.3. The Morgan fingerprint density at radius 3 is 2.42 bits per heavy atom. The Labute approximate surface area is 206 Å². The van der Waals surface area contributed by atoms with E-state index in [1.54, 1.807) is 17.0 Å². The fourth-order valence-electron chi connectivity index (χ4n) is 4.43. The van der Waals surface area contributed by atoms with E-state index in [0.717, 1.165) is 6.42 Å². The van der Waals surface area contributed by atoms with Gasteiger partial charge in [0.2, 0.25) is 5.75 Å². The highest BCUT2D eigenvalue weighted by atomic mass is 19.4. The maximum atomic E-state index is 12.9. The van der Waals surface area contributed by atoms with Crippen LogP contribution in [0.1, 0.15) is 6.42 Å². The summed E-state index contributed by atoms with van der Waals surface area (Å²) in [6, 6.07) is 3.16. The maximum Gasteiger partial charge on any atom is 0.422 e. The number of anilines is 2. The summed E-state index contributed by atoms with van der Waals surface area (Å²) in [5, 5.41) is 0.208. The molecular formula is C23H30F3N5O5. The summed E-state index contributed by atoms with van der Waals surface area (Å²) in [6.45, 7) is 2.97. The second-order valence-electron chi connectivity index (χ2n) is 8.52. The van der Waals surface area contributed by atoms with Crippen LogP contribution in [-0.4, -0.2) is 100 Å². The van der Waals surface area contributed by atoms with Crippen LogP contribution in [0.15, 0.2) is 12.1 Å². The number of morpholine rings is 1. The van der Waals surface area contributed by atoms with Gasteiger partial charge in [-0.3, -0.25) is 0 Å². The van der Waals surface area contributed by atoms with Crippen LogP contribution in [-0.2, 0) is 4.74 Å². The molecule has 1 aromatic carbocycles. The van der Waals surface area contributed by atoms with Crippen molar-refractivity contribution in [3.8, 4) is 17.2 Å². The van der Waals surface area contributed by atoms with Gasteiger partial charge in [0.1, 0.15) is 5.82 Å². The van der Waals surface area contributed by atoms with Gasteiger partial charge in [0.15, 0.2) is 18.1 Å². The molecule has 0 aliphatic carbocycles. The quantitative estimate of drug-likeness (QED) is 0.651. The number of urea groups is 1. The number of ether oxygens (including phenoxy) is 4. The summed E-state index contributed by atoms with van der Waals surface area (Å²) >= 11 is 0. The first-order valence-electron chi connectivity index (χ1n) is 11.6. The number of carbonyl (C=O) groups is 1. The molecule has 2 aliphatic rings. The van der Waals surface area contributed by atoms with Crippen LogP contribution >= 0.6 is 0 Å². The molecule has 2 amide bonds. The van der Waals surface area contributed by atoms with Gasteiger partial charge in [0.05, 0.1) is 38.3 Å². The predicted octanol–water partition coefficient (Wildman–Crippen LogP) is 2.74. The standard InChI is InChI=1S/C23H30F3N5O5/c1-33-17-13-16-19(21(20(17)34-2)36-14-23(24,25)26)15(27)12-18(28-16)29-4-3-5-30(7-6-29)22(32)31-8-10-35-11-9-31/h12-13H,3-11,14H2,1-2H3,(H2,27,28). The zero-order valence-electron chi connectivity index (χ0n) is 20.3. The summed E-state index contributed by atoms with van der Waals surface area (Å²) in [4.78, 5) is 23.2. The SMILES string of the molecule is COc1cc2nc(N3CCCN(C(=O)N4CCOCC4)CC3)cc(N)c2c(OCC(F)(F)F)c1OC. The lowest BCUT2D eigenvalue weighted by Gasteiger charge is -2.32. The van der Waals surface area contributed by atoms with Crippen molar-refractivity contribution in [1.82, 2.24) is 14.8 Å². The molecule has 0 spiro atoms. The molecule has 198 valence electrons. The number of methoxy groups -OCH3 is 2. The highest BCUT2D eigenvalue weighted by molar-refractivity contribution is 6.00. The molecular weight excluding hydrogens is 483 g/mol. The van der Waals surface area contributed by atoms with E-state index in [9.17, 15) is 18.0 Å². The van der Waals surface area contributed by atoms with Gasteiger partial charge in [-0.1, -0.05) is 0 Å². The Balaban J connectivity index is 1.61. The van der Waals surface area contributed by atoms with E-state index in [4.69, 9.17) is 24.7 Å². The van der Waals surface area contributed by atoms with Crippen LogP contribution in [0.2, 0.25) is 0 Å². The average molecular weight is 514 g/mol. The molecule has 10 nitrogen and oxygen atoms in total. The van der Waals surface area contributed by atoms with Crippen molar-refractivity contribution in [3.63, 3.8) is 0 Å². The molecule has 0 unspecified atom stereocenters. The zero-order chi connectivity index (χ0) is 25.9. The first kappa shape index (κ1) is 25.7. The Kier molecular flexibility index (Phi) is 7.67. The van der Waals surface area contributed by atoms with Crippen LogP contribution in [0.25, 0.3) is 10.9 Å². The lowest BCUT2D eigenvalue weighted by molar-refractivity contribution is -0.153. The molecule has 2 saturated heterocycles. The van der Waals surface area contributed by atoms with E-state index in [2.05, 4.69) is 4.98 Å². The van der Waals surface area contributed by atoms with E-state index in [1.165, 1.54) is 14.2 Å². The Bertz CT molecular complexity index is 1090. The van der Waals surface area contributed by atoms with Crippen LogP contribution in [0.5, 0.6) is 17.2 Å². The van der Waals surface area contributed by atoms with Crippen molar-refractivity contribution in [2.24, 2.45) is 0 Å². The van der Waals surface area contributed by atoms with Gasteiger partial charge in [-0.15, -0.1) is 0 Å². The number of hydrogen-bond donors (Lipinski definition) is 1. The highest BCUT2D eigenvalue weighted by Gasteiger charge is 2.31. The molecule has 2 aliphatic heterocycles. The number of halogens is 3. The summed E-state index contributed by atoms with van der Waals surface area (Å²) < 4.78 is 59.8. The predicted molar refractivity (Wildman–Crippen MR) is 127 cm³/mol. The summed E-state index contributed by atoms with van der Waals surface area (Å²) in [6.07, 6.45) is -3.83. The molecule has 0 radical (unpaired) electrons. The lowest BCUT2D eigenvalue weighted by Crippen LogP contribution is -2.49. The van der Waals surface area contributed by atoms with Crippen molar-refractivity contribution < 1.29 is 36.9 Å². The number of nitrogen functional groups attached to an aromatic ring is 1. The monoisotopic (exact) mass is 513 g/mol. The van der Waals surface area contributed by atoms with E-state index in [-0.39, 0.29) is 34.4 Å². The fourth-order valence-corrected chi connectivity index (χ4v) is 4.43. The van der Waals surface area contributed by atoms with Crippen LogP contribution < -0.4 is 24.8 Å². The van der Waals surface area contributed by atoms with Crippen LogP contribution in [0.3, 0.4) is 0 Å². The number of nitrogens with zero attached hydrogens (tertiary/aromatic N) is 4. The Morgan fingerprint density at radius 2 is 1.75 bits per heavy atom. The minimum Gasteiger partial charge on any atom is -0.493 e. The minimum absolute atomic E-state index is 0.00235. The Morgan fingerprint density at radius 1 is 1.03 bits per heavy atom. The molecule has 0 bridgehead atoms. The van der Waals surface area contributed by atoms with Crippen molar-refractivity contribution in [1.29, 1.82) is 0 Å². The number of alkyl halides is 3. The van der Waals surface area contributed by atoms with Crippen LogP contribution in [0, 0.1) is 0 Å². The third-order valence-corrected chi connectivity index (χ3v) is 6.17. The molecule has 2 fully saturated rings. The molecule has 4 rings (SSSR count). The average Bonchev–Trinajstić information content (AvgIpc) is 3.12. The minimum atomic E-state index is -4.56. The second-order valence-corrected chi connectivity index (χ2v) is 8.52. The maximum absolute atomic E-state index is 12.9. The number of rotatable bonds is 5. The van der Waals surface area contributed by atoms with E-state index >= 15 is 0 Å². The summed E-state index contributed by atoms with van der Waals surface area (Å²) in [5.41, 5.74) is 6.83. The van der Waals surface area contributed by atoms with Gasteiger partial charge in [-0.25, -0.2) is 9.78 Å². The van der Waals surface area contributed by atoms with Gasteiger partial charge >= 0.3 is 12.2 Å². The number of benzene rings is 1. The lowest BCUT2D eigenvalue weighted by atomic mass is 10.1. The molecule has 3 heterocycles. The van der Waals surface area contributed by atoms with E-state index < -0.39 is 12.8 Å². The normalized spacial score (nSPS) is 17.2. The van der Waals surface area contributed by atoms with Crippen molar-refractivity contribution in [2.45, 2.75) is 12.6 Å². The third-order valence-electron chi connectivity index (χ3n) is 6.17. The molecule has 2 N–H and O–H groups in total. The number of nitrogens with two attached hydrogens (primary N) is 1. The largest absolute Gasteiger partial charge is 0.493 e. The van der Waals surface area contributed by atoms with Gasteiger partial charge in [0.25, 0.3) is 0 Å². The van der Waals surface area contributed by atoms with Crippen molar-refractivity contribution in [2.75, 3.05) is 83.9 Å². The van der Waals surface area contributed by atoms with Gasteiger partial charge in [-0.2, -0.15) is 13.2 Å². The number of hydrogen-bond acceptors (Lipinski definition) is 8. The van der Waals surface area contributed by atoms with Gasteiger partial charge < -0.3 is 39.4 Å². The van der Waals surface area contributed by atoms with Crippen LogP contribution in [0.4, 0.5) is 29.5 Å². The summed E-state index contributed by atoms with van der Waals surface area (Å²) in [7, 11) is 2.68. The first-order chi connectivity index (χ1) is 17.2. The van der Waals surface area contributed by atoms with Gasteiger partial charge in [-0.05, 0) is 6.42 Å². The third kappa shape index (κ3) is 5.55.